The Kier molecular flexibility index (Phi) is 4.00. The zero-order valence-electron chi connectivity index (χ0n) is 6.71. The molecule has 0 aliphatic rings. The predicted molar refractivity (Wildman–Crippen MR) is 41.9 cm³/mol. The van der Waals surface area contributed by atoms with E-state index in [-0.39, 0.29) is 6.42 Å². The van der Waals surface area contributed by atoms with Gasteiger partial charge in [-0.1, -0.05) is 19.9 Å². The number of rotatable bonds is 5. The van der Waals surface area contributed by atoms with Crippen molar-refractivity contribution in [2.45, 2.75) is 32.0 Å². The van der Waals surface area contributed by atoms with E-state index < -0.39 is 11.6 Å². The predicted octanol–water partition coefficient (Wildman–Crippen LogP) is 0.613. The Bertz CT molecular complexity index is 149. The molecule has 0 atom stereocenters. The molecule has 0 heterocycles. The Morgan fingerprint density at radius 2 is 2.18 bits per heavy atom. The van der Waals surface area contributed by atoms with Gasteiger partial charge in [-0.25, -0.2) is 0 Å². The van der Waals surface area contributed by atoms with E-state index >= 15 is 0 Å². The highest BCUT2D eigenvalue weighted by Gasteiger charge is 2.27. The molecule has 0 spiro atoms. The normalized spacial score (nSPS) is 11.2. The molecule has 0 unspecified atom stereocenters. The van der Waals surface area contributed by atoms with Crippen molar-refractivity contribution in [3.8, 4) is 0 Å². The van der Waals surface area contributed by atoms with Crippen molar-refractivity contribution in [3.63, 3.8) is 0 Å². The zero-order chi connectivity index (χ0) is 8.91. The van der Waals surface area contributed by atoms with Crippen LogP contribution in [-0.4, -0.2) is 21.8 Å². The fourth-order valence-corrected chi connectivity index (χ4v) is 0.635. The van der Waals surface area contributed by atoms with Crippen LogP contribution in [0.2, 0.25) is 0 Å². The third kappa shape index (κ3) is 3.30. The van der Waals surface area contributed by atoms with Gasteiger partial charge in [-0.2, -0.15) is 0 Å². The van der Waals surface area contributed by atoms with E-state index in [9.17, 15) is 4.79 Å². The number of hydrogen-bond acceptors (Lipinski definition) is 3. The standard InChI is InChI=1S/C8H14O3/c1-3-5-6-7(9)8(10,11)4-2/h4,10-11H,2-3,5-6H2,1H3. The molecule has 0 aromatic carbocycles. The van der Waals surface area contributed by atoms with Crippen LogP contribution < -0.4 is 0 Å². The molecule has 0 amide bonds. The smallest absolute Gasteiger partial charge is 0.244 e. The Balaban J connectivity index is 3.91. The Hall–Kier alpha value is -0.670. The average molecular weight is 158 g/mol. The average Bonchev–Trinajstić information content (AvgIpc) is 2.00. The lowest BCUT2D eigenvalue weighted by atomic mass is 10.1. The number of unbranched alkanes of at least 4 members (excludes halogenated alkanes) is 1. The van der Waals surface area contributed by atoms with Gasteiger partial charge in [-0.3, -0.25) is 4.79 Å². The number of carbonyl (C=O) groups excluding carboxylic acids is 1. The molecule has 0 aromatic rings. The second kappa shape index (κ2) is 4.26. The summed E-state index contributed by atoms with van der Waals surface area (Å²) in [6.45, 7) is 5.07. The molecule has 64 valence electrons. The maximum Gasteiger partial charge on any atom is 0.244 e. The highest BCUT2D eigenvalue weighted by molar-refractivity contribution is 5.87. The van der Waals surface area contributed by atoms with E-state index in [1.165, 1.54) is 0 Å². The van der Waals surface area contributed by atoms with Crippen molar-refractivity contribution in [2.75, 3.05) is 0 Å². The van der Waals surface area contributed by atoms with Gasteiger partial charge in [0.05, 0.1) is 0 Å². The molecule has 0 saturated heterocycles. The Morgan fingerprint density at radius 3 is 2.55 bits per heavy atom. The molecule has 0 aliphatic heterocycles. The van der Waals surface area contributed by atoms with Gasteiger partial charge in [-0.15, -0.1) is 0 Å². The largest absolute Gasteiger partial charge is 0.357 e. The molecule has 0 aliphatic carbocycles. The van der Waals surface area contributed by atoms with Crippen LogP contribution in [0.5, 0.6) is 0 Å². The number of hydrogen-bond donors (Lipinski definition) is 2. The zero-order valence-corrected chi connectivity index (χ0v) is 6.71. The molecule has 3 nitrogen and oxygen atoms in total. The van der Waals surface area contributed by atoms with Crippen LogP contribution >= 0.6 is 0 Å². The van der Waals surface area contributed by atoms with E-state index in [0.29, 0.717) is 6.42 Å². The summed E-state index contributed by atoms with van der Waals surface area (Å²) in [6, 6.07) is 0. The molecule has 0 radical (unpaired) electrons. The van der Waals surface area contributed by atoms with Gasteiger partial charge in [0.1, 0.15) is 0 Å². The van der Waals surface area contributed by atoms with Crippen LogP contribution in [-0.2, 0) is 4.79 Å². The summed E-state index contributed by atoms with van der Waals surface area (Å²) in [4.78, 5) is 10.9. The quantitative estimate of drug-likeness (QED) is 0.455. The summed E-state index contributed by atoms with van der Waals surface area (Å²) in [5.41, 5.74) is 0. The molecule has 0 fully saturated rings. The monoisotopic (exact) mass is 158 g/mol. The van der Waals surface area contributed by atoms with E-state index in [0.717, 1.165) is 12.5 Å². The Morgan fingerprint density at radius 1 is 1.64 bits per heavy atom. The maximum atomic E-state index is 10.9. The lowest BCUT2D eigenvalue weighted by Crippen LogP contribution is -2.35. The number of ketones is 1. The van der Waals surface area contributed by atoms with E-state index in [1.54, 1.807) is 0 Å². The van der Waals surface area contributed by atoms with E-state index in [4.69, 9.17) is 10.2 Å². The summed E-state index contributed by atoms with van der Waals surface area (Å²) in [6.07, 6.45) is 2.56. The number of aliphatic hydroxyl groups is 2. The fourth-order valence-electron chi connectivity index (χ4n) is 0.635. The lowest BCUT2D eigenvalue weighted by molar-refractivity contribution is -0.165. The number of carbonyl (C=O) groups is 1. The maximum absolute atomic E-state index is 10.9. The molecule has 0 bridgehead atoms. The summed E-state index contributed by atoms with van der Waals surface area (Å²) in [7, 11) is 0. The van der Waals surface area contributed by atoms with Crippen LogP contribution in [0.3, 0.4) is 0 Å². The minimum atomic E-state index is -2.32. The second-order valence-corrected chi connectivity index (χ2v) is 2.46. The number of Topliss-reactive ketones (excluding diaryl/α,β-unsaturated/α-hetero) is 1. The molecule has 3 heteroatoms. The van der Waals surface area contributed by atoms with Crippen molar-refractivity contribution in [2.24, 2.45) is 0 Å². The van der Waals surface area contributed by atoms with Gasteiger partial charge in [0.15, 0.2) is 5.78 Å². The first-order valence-electron chi connectivity index (χ1n) is 3.66. The van der Waals surface area contributed by atoms with Crippen molar-refractivity contribution >= 4 is 5.78 Å². The van der Waals surface area contributed by atoms with Crippen molar-refractivity contribution < 1.29 is 15.0 Å². The first-order valence-corrected chi connectivity index (χ1v) is 3.66. The summed E-state index contributed by atoms with van der Waals surface area (Å²) >= 11 is 0. The highest BCUT2D eigenvalue weighted by atomic mass is 16.5. The first kappa shape index (κ1) is 10.3. The van der Waals surface area contributed by atoms with Gasteiger partial charge in [0.2, 0.25) is 5.79 Å². The minimum absolute atomic E-state index is 0.190. The van der Waals surface area contributed by atoms with Crippen molar-refractivity contribution in [3.05, 3.63) is 12.7 Å². The second-order valence-electron chi connectivity index (χ2n) is 2.46. The van der Waals surface area contributed by atoms with Crippen LogP contribution in [0.15, 0.2) is 12.7 Å². The van der Waals surface area contributed by atoms with Crippen molar-refractivity contribution in [1.82, 2.24) is 0 Å². The lowest BCUT2D eigenvalue weighted by Gasteiger charge is -2.14. The highest BCUT2D eigenvalue weighted by Crippen LogP contribution is 2.08. The van der Waals surface area contributed by atoms with Gasteiger partial charge < -0.3 is 10.2 Å². The van der Waals surface area contributed by atoms with Gasteiger partial charge >= 0.3 is 0 Å². The first-order chi connectivity index (χ1) is 5.04. The Labute approximate surface area is 66.4 Å². The fraction of sp³-hybridized carbons (Fsp3) is 0.625. The molecule has 0 rings (SSSR count). The van der Waals surface area contributed by atoms with Crippen LogP contribution in [0.4, 0.5) is 0 Å². The SMILES string of the molecule is C=CC(O)(O)C(=O)CCCC. The molecular weight excluding hydrogens is 144 g/mol. The summed E-state index contributed by atoms with van der Waals surface area (Å²) in [5.74, 6) is -2.91. The van der Waals surface area contributed by atoms with Crippen LogP contribution in [0.25, 0.3) is 0 Å². The minimum Gasteiger partial charge on any atom is -0.357 e. The summed E-state index contributed by atoms with van der Waals surface area (Å²) < 4.78 is 0. The van der Waals surface area contributed by atoms with Crippen LogP contribution in [0.1, 0.15) is 26.2 Å². The van der Waals surface area contributed by atoms with Gasteiger partial charge in [0.25, 0.3) is 0 Å². The molecule has 0 saturated carbocycles. The topological polar surface area (TPSA) is 57.5 Å². The third-order valence-corrected chi connectivity index (χ3v) is 1.45. The van der Waals surface area contributed by atoms with Gasteiger partial charge in [-0.05, 0) is 12.5 Å². The molecular formula is C8H14O3. The van der Waals surface area contributed by atoms with Gasteiger partial charge in [0, 0.05) is 6.42 Å². The summed E-state index contributed by atoms with van der Waals surface area (Å²) in [5, 5.41) is 17.8. The third-order valence-electron chi connectivity index (χ3n) is 1.45. The molecule has 11 heavy (non-hydrogen) atoms. The van der Waals surface area contributed by atoms with E-state index in [2.05, 4.69) is 6.58 Å². The molecule has 0 aromatic heterocycles. The molecule has 2 N–H and O–H groups in total. The van der Waals surface area contributed by atoms with Crippen LogP contribution in [0, 0.1) is 0 Å². The van der Waals surface area contributed by atoms with Crippen molar-refractivity contribution in [1.29, 1.82) is 0 Å². The van der Waals surface area contributed by atoms with E-state index in [1.807, 2.05) is 6.92 Å².